The quantitative estimate of drug-likeness (QED) is 0.594. The van der Waals surface area contributed by atoms with Crippen LogP contribution in [0.4, 0.5) is 4.39 Å². The van der Waals surface area contributed by atoms with Crippen molar-refractivity contribution in [1.82, 2.24) is 15.2 Å². The second-order valence-electron chi connectivity index (χ2n) is 5.39. The minimum absolute atomic E-state index is 0.0796. The molecule has 0 aliphatic carbocycles. The molecule has 25 heavy (non-hydrogen) atoms. The summed E-state index contributed by atoms with van der Waals surface area (Å²) in [6, 6.07) is 13.8. The van der Waals surface area contributed by atoms with Crippen molar-refractivity contribution < 1.29 is 13.9 Å². The van der Waals surface area contributed by atoms with Crippen molar-refractivity contribution >= 4 is 10.9 Å². The van der Waals surface area contributed by atoms with Gasteiger partial charge in [-0.05, 0) is 42.5 Å². The maximum absolute atomic E-state index is 13.7. The molecule has 0 unspecified atom stereocenters. The van der Waals surface area contributed by atoms with Gasteiger partial charge in [0.2, 0.25) is 0 Å². The fraction of sp³-hybridized carbons (Fsp3) is 0.0526. The number of halogens is 1. The molecule has 0 atom stereocenters. The van der Waals surface area contributed by atoms with Gasteiger partial charge in [-0.25, -0.2) is 4.39 Å². The minimum atomic E-state index is -0.466. The molecule has 5 nitrogen and oxygen atoms in total. The van der Waals surface area contributed by atoms with Gasteiger partial charge in [0.15, 0.2) is 17.3 Å². The largest absolute Gasteiger partial charge is 0.490 e. The zero-order valence-electron chi connectivity index (χ0n) is 13.4. The van der Waals surface area contributed by atoms with Crippen LogP contribution in [0.25, 0.3) is 22.2 Å². The summed E-state index contributed by atoms with van der Waals surface area (Å²) in [7, 11) is 1.41. The third-order valence-corrected chi connectivity index (χ3v) is 3.85. The van der Waals surface area contributed by atoms with E-state index in [4.69, 9.17) is 9.47 Å². The molecule has 2 heterocycles. The molecule has 4 rings (SSSR count). The molecule has 4 aromatic rings. The molecule has 0 aliphatic heterocycles. The summed E-state index contributed by atoms with van der Waals surface area (Å²) in [4.78, 5) is 4.14. The molecular formula is C19H14FN3O2. The highest BCUT2D eigenvalue weighted by Crippen LogP contribution is 2.34. The summed E-state index contributed by atoms with van der Waals surface area (Å²) in [6.07, 6.45) is 3.49. The van der Waals surface area contributed by atoms with Crippen LogP contribution in [0.5, 0.6) is 17.2 Å². The third-order valence-electron chi connectivity index (χ3n) is 3.85. The molecule has 0 amide bonds. The number of aromatic nitrogens is 3. The highest BCUT2D eigenvalue weighted by atomic mass is 19.1. The highest BCUT2D eigenvalue weighted by Gasteiger charge is 2.12. The molecule has 0 radical (unpaired) electrons. The number of methoxy groups -OCH3 is 1. The second kappa shape index (κ2) is 6.24. The maximum atomic E-state index is 13.7. The fourth-order valence-corrected chi connectivity index (χ4v) is 2.65. The number of H-pyrrole nitrogens is 1. The first kappa shape index (κ1) is 15.1. The lowest BCUT2D eigenvalue weighted by atomic mass is 10.1. The zero-order chi connectivity index (χ0) is 17.2. The molecule has 0 saturated heterocycles. The molecule has 0 aliphatic rings. The third kappa shape index (κ3) is 2.78. The van der Waals surface area contributed by atoms with Crippen molar-refractivity contribution in [3.8, 4) is 28.5 Å². The monoisotopic (exact) mass is 335 g/mol. The van der Waals surface area contributed by atoms with Crippen LogP contribution in [0.15, 0.2) is 60.9 Å². The van der Waals surface area contributed by atoms with E-state index in [2.05, 4.69) is 15.2 Å². The number of ether oxygens (including phenoxy) is 2. The predicted molar refractivity (Wildman–Crippen MR) is 92.4 cm³/mol. The van der Waals surface area contributed by atoms with Crippen LogP contribution in [0.1, 0.15) is 0 Å². The van der Waals surface area contributed by atoms with E-state index in [1.54, 1.807) is 36.7 Å². The van der Waals surface area contributed by atoms with Gasteiger partial charge in [0, 0.05) is 23.3 Å². The van der Waals surface area contributed by atoms with Gasteiger partial charge in [-0.3, -0.25) is 10.1 Å². The Kier molecular flexibility index (Phi) is 3.78. The highest BCUT2D eigenvalue weighted by molar-refractivity contribution is 5.92. The van der Waals surface area contributed by atoms with Crippen molar-refractivity contribution in [2.75, 3.05) is 7.11 Å². The number of hydrogen-bond donors (Lipinski definition) is 1. The number of fused-ring (bicyclic) bond motifs is 1. The van der Waals surface area contributed by atoms with Crippen molar-refractivity contribution in [2.45, 2.75) is 0 Å². The van der Waals surface area contributed by atoms with Crippen molar-refractivity contribution in [2.24, 2.45) is 0 Å². The molecule has 0 bridgehead atoms. The Morgan fingerprint density at radius 1 is 1.04 bits per heavy atom. The smallest absolute Gasteiger partial charge is 0.197 e. The number of aromatic amines is 1. The molecule has 124 valence electrons. The van der Waals surface area contributed by atoms with Gasteiger partial charge in [0.05, 0.1) is 12.6 Å². The lowest BCUT2D eigenvalue weighted by Gasteiger charge is -2.11. The summed E-state index contributed by atoms with van der Waals surface area (Å²) in [6.45, 7) is 0. The van der Waals surface area contributed by atoms with Gasteiger partial charge >= 0.3 is 0 Å². The summed E-state index contributed by atoms with van der Waals surface area (Å²) in [5, 5.41) is 8.27. The van der Waals surface area contributed by atoms with E-state index in [1.807, 2.05) is 18.2 Å². The van der Waals surface area contributed by atoms with Gasteiger partial charge in [-0.15, -0.1) is 0 Å². The SMILES string of the molecule is COc1c(F)cccc1Oc1ccc(-c2n[nH]c3ccncc23)cc1. The first-order valence-corrected chi connectivity index (χ1v) is 7.65. The molecule has 1 N–H and O–H groups in total. The molecule has 0 fully saturated rings. The zero-order valence-corrected chi connectivity index (χ0v) is 13.4. The van der Waals surface area contributed by atoms with Crippen molar-refractivity contribution in [1.29, 1.82) is 0 Å². The van der Waals surface area contributed by atoms with Crippen LogP contribution in [0, 0.1) is 5.82 Å². The van der Waals surface area contributed by atoms with E-state index in [9.17, 15) is 4.39 Å². The van der Waals surface area contributed by atoms with Crippen LogP contribution < -0.4 is 9.47 Å². The number of nitrogens with one attached hydrogen (secondary N) is 1. The van der Waals surface area contributed by atoms with Crippen LogP contribution >= 0.6 is 0 Å². The summed E-state index contributed by atoms with van der Waals surface area (Å²) >= 11 is 0. The Bertz CT molecular complexity index is 1030. The number of para-hydroxylation sites is 1. The Labute approximate surface area is 143 Å². The molecule has 2 aromatic carbocycles. The molecule has 0 spiro atoms. The number of benzene rings is 2. The van der Waals surface area contributed by atoms with E-state index >= 15 is 0 Å². The number of rotatable bonds is 4. The van der Waals surface area contributed by atoms with Gasteiger partial charge < -0.3 is 9.47 Å². The number of pyridine rings is 1. The predicted octanol–water partition coefficient (Wildman–Crippen LogP) is 4.56. The Morgan fingerprint density at radius 2 is 1.88 bits per heavy atom. The van der Waals surface area contributed by atoms with Crippen molar-refractivity contribution in [3.05, 3.63) is 66.7 Å². The van der Waals surface area contributed by atoms with Gasteiger partial charge in [0.1, 0.15) is 11.4 Å². The normalized spacial score (nSPS) is 10.8. The number of hydrogen-bond acceptors (Lipinski definition) is 4. The van der Waals surface area contributed by atoms with Gasteiger partial charge in [0.25, 0.3) is 0 Å². The van der Waals surface area contributed by atoms with Crippen LogP contribution in [0.2, 0.25) is 0 Å². The average Bonchev–Trinajstić information content (AvgIpc) is 3.07. The fourth-order valence-electron chi connectivity index (χ4n) is 2.65. The van der Waals surface area contributed by atoms with E-state index in [0.29, 0.717) is 11.5 Å². The topological polar surface area (TPSA) is 60.0 Å². The molecule has 2 aromatic heterocycles. The maximum Gasteiger partial charge on any atom is 0.197 e. The van der Waals surface area contributed by atoms with Crippen LogP contribution in [-0.4, -0.2) is 22.3 Å². The molecular weight excluding hydrogens is 321 g/mol. The van der Waals surface area contributed by atoms with Crippen LogP contribution in [0.3, 0.4) is 0 Å². The number of nitrogens with zero attached hydrogens (tertiary/aromatic N) is 2. The van der Waals surface area contributed by atoms with E-state index < -0.39 is 5.82 Å². The molecule has 0 saturated carbocycles. The summed E-state index contributed by atoms with van der Waals surface area (Å²) < 4.78 is 24.5. The molecule has 6 heteroatoms. The summed E-state index contributed by atoms with van der Waals surface area (Å²) in [5.74, 6) is 0.512. The van der Waals surface area contributed by atoms with Crippen molar-refractivity contribution in [3.63, 3.8) is 0 Å². The minimum Gasteiger partial charge on any atom is -0.490 e. The Balaban J connectivity index is 1.64. The first-order valence-electron chi connectivity index (χ1n) is 7.65. The first-order chi connectivity index (χ1) is 12.3. The van der Waals surface area contributed by atoms with E-state index in [-0.39, 0.29) is 5.75 Å². The average molecular weight is 335 g/mol. The second-order valence-corrected chi connectivity index (χ2v) is 5.39. The lowest BCUT2D eigenvalue weighted by Crippen LogP contribution is -1.93. The summed E-state index contributed by atoms with van der Waals surface area (Å²) in [5.41, 5.74) is 2.67. The lowest BCUT2D eigenvalue weighted by molar-refractivity contribution is 0.356. The Hall–Kier alpha value is -3.41. The standard InChI is InChI=1S/C19H14FN3O2/c1-24-19-15(20)3-2-4-17(19)25-13-7-5-12(6-8-13)18-14-11-21-10-9-16(14)22-23-18/h2-11H,1H3,(H,22,23). The van der Waals surface area contributed by atoms with E-state index in [1.165, 1.54) is 13.2 Å². The van der Waals surface area contributed by atoms with E-state index in [0.717, 1.165) is 22.2 Å². The van der Waals surface area contributed by atoms with Gasteiger partial charge in [-0.2, -0.15) is 5.10 Å². The van der Waals surface area contributed by atoms with Crippen LogP contribution in [-0.2, 0) is 0 Å². The van der Waals surface area contributed by atoms with Gasteiger partial charge in [-0.1, -0.05) is 6.07 Å². The Morgan fingerprint density at radius 3 is 2.68 bits per heavy atom.